The zero-order valence-electron chi connectivity index (χ0n) is 12.3. The molecule has 2 heteroatoms. The first-order valence-corrected chi connectivity index (χ1v) is 6.89. The second kappa shape index (κ2) is 5.91. The molecule has 2 aromatic rings. The molecular weight excluding hydrogens is 246 g/mol. The van der Waals surface area contributed by atoms with Gasteiger partial charge in [-0.3, -0.25) is 4.79 Å². The molecule has 0 unspecified atom stereocenters. The van der Waals surface area contributed by atoms with Crippen LogP contribution in [0.5, 0.6) is 0 Å². The van der Waals surface area contributed by atoms with Crippen LogP contribution >= 0.6 is 0 Å². The molecule has 2 aromatic carbocycles. The van der Waals surface area contributed by atoms with Crippen LogP contribution in [0.2, 0.25) is 0 Å². The van der Waals surface area contributed by atoms with Crippen molar-refractivity contribution in [3.8, 4) is 0 Å². The van der Waals surface area contributed by atoms with Crippen LogP contribution in [-0.4, -0.2) is 5.91 Å². The number of amides is 1. The van der Waals surface area contributed by atoms with Crippen LogP contribution in [0.15, 0.2) is 60.7 Å². The summed E-state index contributed by atoms with van der Waals surface area (Å²) in [5.41, 5.74) is 1.68. The minimum absolute atomic E-state index is 0.132. The second-order valence-electron chi connectivity index (χ2n) is 5.96. The molecule has 20 heavy (non-hydrogen) atoms. The lowest BCUT2D eigenvalue weighted by molar-refractivity contribution is -0.125. The quantitative estimate of drug-likeness (QED) is 0.813. The summed E-state index contributed by atoms with van der Waals surface area (Å²) in [6, 6.07) is 19.9. The summed E-state index contributed by atoms with van der Waals surface area (Å²) in [6.07, 6.45) is 0. The molecule has 0 atom stereocenters. The number of nitrogens with zero attached hydrogens (tertiary/aromatic N) is 1. The molecule has 0 N–H and O–H groups in total. The van der Waals surface area contributed by atoms with Crippen molar-refractivity contribution >= 4 is 11.6 Å². The Morgan fingerprint density at radius 3 is 1.90 bits per heavy atom. The summed E-state index contributed by atoms with van der Waals surface area (Å²) in [4.78, 5) is 14.6. The second-order valence-corrected chi connectivity index (χ2v) is 5.96. The summed E-state index contributed by atoms with van der Waals surface area (Å²) >= 11 is 0. The van der Waals surface area contributed by atoms with E-state index in [9.17, 15) is 4.79 Å². The summed E-state index contributed by atoms with van der Waals surface area (Å²) in [6.45, 7) is 6.46. The van der Waals surface area contributed by atoms with Crippen LogP contribution in [0.1, 0.15) is 26.3 Å². The lowest BCUT2D eigenvalue weighted by Crippen LogP contribution is -2.39. The minimum Gasteiger partial charge on any atom is -0.308 e. The van der Waals surface area contributed by atoms with Crippen molar-refractivity contribution in [1.82, 2.24) is 0 Å². The van der Waals surface area contributed by atoms with E-state index in [-0.39, 0.29) is 5.91 Å². The molecule has 0 radical (unpaired) electrons. The van der Waals surface area contributed by atoms with Gasteiger partial charge in [0.25, 0.3) is 0 Å². The van der Waals surface area contributed by atoms with E-state index in [0.717, 1.165) is 11.3 Å². The number of carbonyl (C=O) groups is 1. The van der Waals surface area contributed by atoms with Crippen molar-refractivity contribution in [3.63, 3.8) is 0 Å². The highest BCUT2D eigenvalue weighted by Crippen LogP contribution is 2.25. The van der Waals surface area contributed by atoms with Crippen molar-refractivity contribution in [2.45, 2.75) is 27.3 Å². The minimum atomic E-state index is -0.398. The van der Waals surface area contributed by atoms with Crippen LogP contribution in [0.4, 0.5) is 5.69 Å². The molecule has 0 spiro atoms. The molecule has 0 saturated carbocycles. The molecule has 0 aliphatic rings. The first-order valence-electron chi connectivity index (χ1n) is 6.89. The third-order valence-electron chi connectivity index (χ3n) is 3.14. The smallest absolute Gasteiger partial charge is 0.232 e. The maximum absolute atomic E-state index is 12.7. The summed E-state index contributed by atoms with van der Waals surface area (Å²) < 4.78 is 0. The standard InChI is InChI=1S/C18H21NO/c1-18(2,3)17(20)19(16-12-8-5-9-13-16)14-15-10-6-4-7-11-15/h4-13H,14H2,1-3H3. The molecule has 2 nitrogen and oxygen atoms in total. The monoisotopic (exact) mass is 267 g/mol. The fraction of sp³-hybridized carbons (Fsp3) is 0.278. The first kappa shape index (κ1) is 14.3. The lowest BCUT2D eigenvalue weighted by atomic mass is 9.94. The van der Waals surface area contributed by atoms with E-state index in [1.807, 2.05) is 86.3 Å². The molecule has 104 valence electrons. The largest absolute Gasteiger partial charge is 0.308 e. The van der Waals surface area contributed by atoms with Crippen molar-refractivity contribution in [3.05, 3.63) is 66.2 Å². The SMILES string of the molecule is CC(C)(C)C(=O)N(Cc1ccccc1)c1ccccc1. The summed E-state index contributed by atoms with van der Waals surface area (Å²) in [7, 11) is 0. The number of hydrogen-bond donors (Lipinski definition) is 0. The van der Waals surface area contributed by atoms with Gasteiger partial charge in [0.1, 0.15) is 0 Å². The average Bonchev–Trinajstić information content (AvgIpc) is 2.45. The molecule has 2 rings (SSSR count). The number of hydrogen-bond acceptors (Lipinski definition) is 1. The zero-order chi connectivity index (χ0) is 14.6. The van der Waals surface area contributed by atoms with E-state index in [1.165, 1.54) is 0 Å². The van der Waals surface area contributed by atoms with Gasteiger partial charge in [0.05, 0.1) is 6.54 Å². The highest BCUT2D eigenvalue weighted by Gasteiger charge is 2.28. The van der Waals surface area contributed by atoms with E-state index in [2.05, 4.69) is 0 Å². The van der Waals surface area contributed by atoms with E-state index < -0.39 is 5.41 Å². The molecule has 1 amide bonds. The third kappa shape index (κ3) is 3.47. The van der Waals surface area contributed by atoms with Gasteiger partial charge in [-0.1, -0.05) is 69.3 Å². The molecule has 0 aliphatic carbocycles. The van der Waals surface area contributed by atoms with Crippen molar-refractivity contribution < 1.29 is 4.79 Å². The van der Waals surface area contributed by atoms with Gasteiger partial charge in [-0.05, 0) is 17.7 Å². The number of rotatable bonds is 3. The van der Waals surface area contributed by atoms with Crippen LogP contribution < -0.4 is 4.90 Å². The Balaban J connectivity index is 2.33. The zero-order valence-corrected chi connectivity index (χ0v) is 12.3. The van der Waals surface area contributed by atoms with Gasteiger partial charge < -0.3 is 4.90 Å². The molecule has 0 aliphatic heterocycles. The van der Waals surface area contributed by atoms with Gasteiger partial charge in [-0.25, -0.2) is 0 Å². The van der Waals surface area contributed by atoms with Gasteiger partial charge in [-0.15, -0.1) is 0 Å². The third-order valence-corrected chi connectivity index (χ3v) is 3.14. The maximum Gasteiger partial charge on any atom is 0.232 e. The molecule has 0 saturated heterocycles. The normalized spacial score (nSPS) is 11.2. The number of para-hydroxylation sites is 1. The van der Waals surface area contributed by atoms with Crippen molar-refractivity contribution in [1.29, 1.82) is 0 Å². The predicted octanol–water partition coefficient (Wildman–Crippen LogP) is 4.27. The Morgan fingerprint density at radius 2 is 1.40 bits per heavy atom. The Hall–Kier alpha value is -2.09. The molecule has 0 aromatic heterocycles. The first-order chi connectivity index (χ1) is 9.48. The van der Waals surface area contributed by atoms with Crippen LogP contribution in [0.3, 0.4) is 0 Å². The predicted molar refractivity (Wildman–Crippen MR) is 83.5 cm³/mol. The lowest BCUT2D eigenvalue weighted by Gasteiger charge is -2.29. The van der Waals surface area contributed by atoms with Gasteiger partial charge in [-0.2, -0.15) is 0 Å². The van der Waals surface area contributed by atoms with E-state index >= 15 is 0 Å². The molecule has 0 fully saturated rings. The van der Waals surface area contributed by atoms with Crippen LogP contribution in [0.25, 0.3) is 0 Å². The summed E-state index contributed by atoms with van der Waals surface area (Å²) in [5.74, 6) is 0.132. The molecular formula is C18H21NO. The van der Waals surface area contributed by atoms with Crippen LogP contribution in [-0.2, 0) is 11.3 Å². The van der Waals surface area contributed by atoms with Gasteiger partial charge in [0.15, 0.2) is 0 Å². The topological polar surface area (TPSA) is 20.3 Å². The van der Waals surface area contributed by atoms with E-state index in [1.54, 1.807) is 0 Å². The number of anilines is 1. The highest BCUT2D eigenvalue weighted by atomic mass is 16.2. The fourth-order valence-electron chi connectivity index (χ4n) is 2.06. The van der Waals surface area contributed by atoms with Gasteiger partial charge in [0, 0.05) is 11.1 Å². The van der Waals surface area contributed by atoms with Gasteiger partial charge in [0.2, 0.25) is 5.91 Å². The Labute approximate surface area is 121 Å². The van der Waals surface area contributed by atoms with Crippen LogP contribution in [0, 0.1) is 5.41 Å². The maximum atomic E-state index is 12.7. The molecule has 0 bridgehead atoms. The van der Waals surface area contributed by atoms with E-state index in [0.29, 0.717) is 6.54 Å². The van der Waals surface area contributed by atoms with E-state index in [4.69, 9.17) is 0 Å². The Bertz CT molecular complexity index is 555. The van der Waals surface area contributed by atoms with Crippen molar-refractivity contribution in [2.24, 2.45) is 5.41 Å². The molecule has 0 heterocycles. The fourth-order valence-corrected chi connectivity index (χ4v) is 2.06. The summed E-state index contributed by atoms with van der Waals surface area (Å²) in [5, 5.41) is 0. The highest BCUT2D eigenvalue weighted by molar-refractivity contribution is 5.96. The average molecular weight is 267 g/mol. The number of carbonyl (C=O) groups excluding carboxylic acids is 1. The Morgan fingerprint density at radius 1 is 0.900 bits per heavy atom. The van der Waals surface area contributed by atoms with Crippen molar-refractivity contribution in [2.75, 3.05) is 4.90 Å². The Kier molecular flexibility index (Phi) is 4.23. The number of benzene rings is 2. The van der Waals surface area contributed by atoms with Gasteiger partial charge >= 0.3 is 0 Å².